The first-order valence-corrected chi connectivity index (χ1v) is 30.0. The van der Waals surface area contributed by atoms with Crippen molar-refractivity contribution in [2.45, 2.75) is 215 Å². The van der Waals surface area contributed by atoms with Crippen LogP contribution in [0.1, 0.15) is 143 Å². The molecule has 13 atom stereocenters. The zero-order chi connectivity index (χ0) is 66.1. The summed E-state index contributed by atoms with van der Waals surface area (Å²) < 4.78 is 0. The Labute approximate surface area is 506 Å². The molecule has 1 aliphatic rings. The van der Waals surface area contributed by atoms with Crippen LogP contribution in [0.3, 0.4) is 0 Å². The molecule has 7 N–H and O–H groups in total. The first-order valence-electron chi connectivity index (χ1n) is 30.0. The molecule has 11 amide bonds. The topological polar surface area (TPSA) is 329 Å². The zero-order valence-electron chi connectivity index (χ0n) is 55.3. The third kappa shape index (κ3) is 20.9. The number of nitrogens with one attached hydrogen (secondary N) is 4. The molecule has 0 aliphatic carbocycles. The smallest absolute Gasteiger partial charge is 0.246 e. The van der Waals surface area contributed by atoms with Crippen LogP contribution in [0.2, 0.25) is 0 Å². The van der Waals surface area contributed by atoms with Crippen LogP contribution in [-0.2, 0) is 52.7 Å². The van der Waals surface area contributed by atoms with E-state index in [-0.39, 0.29) is 49.9 Å². The van der Waals surface area contributed by atoms with Crippen LogP contribution in [0.4, 0.5) is 0 Å². The fraction of sp³-hybridized carbons (Fsp3) is 0.800. The Balaban J connectivity index is 4.32. The highest BCUT2D eigenvalue weighted by atomic mass is 16.3. The van der Waals surface area contributed by atoms with E-state index in [1.54, 1.807) is 48.5 Å². The number of hydrogen-bond acceptors (Lipinski definition) is 14. The van der Waals surface area contributed by atoms with Crippen LogP contribution < -0.4 is 27.0 Å². The highest BCUT2D eigenvalue weighted by Crippen LogP contribution is 2.26. The Kier molecular flexibility index (Phi) is 30.7. The van der Waals surface area contributed by atoms with Crippen molar-refractivity contribution in [1.82, 2.24) is 55.6 Å². The number of aliphatic hydroxyl groups excluding tert-OH is 1. The van der Waals surface area contributed by atoms with Crippen molar-refractivity contribution < 1.29 is 57.8 Å². The number of amides is 11. The normalized spacial score (nSPS) is 27.1. The highest BCUT2D eigenvalue weighted by Gasteiger charge is 2.46. The molecule has 3 unspecified atom stereocenters. The largest absolute Gasteiger partial charge is 0.390 e. The van der Waals surface area contributed by atoms with Gasteiger partial charge in [-0.3, -0.25) is 52.7 Å². The first kappa shape index (κ1) is 76.6. The molecular weight excluding hydrogens is 1090 g/mol. The van der Waals surface area contributed by atoms with Gasteiger partial charge in [0, 0.05) is 49.3 Å². The van der Waals surface area contributed by atoms with E-state index in [0.717, 1.165) is 9.80 Å². The maximum atomic E-state index is 15.1. The second-order valence-corrected chi connectivity index (χ2v) is 25.8. The Morgan fingerprint density at radius 3 is 1.35 bits per heavy atom. The Morgan fingerprint density at radius 2 is 0.906 bits per heavy atom. The van der Waals surface area contributed by atoms with Gasteiger partial charge in [0.1, 0.15) is 60.4 Å². The van der Waals surface area contributed by atoms with Gasteiger partial charge in [0.15, 0.2) is 0 Å². The molecule has 85 heavy (non-hydrogen) atoms. The molecule has 0 bridgehead atoms. The highest BCUT2D eigenvalue weighted by molar-refractivity contribution is 5.99. The maximum absolute atomic E-state index is 15.1. The molecular formula is C60H107N13O12. The summed E-state index contributed by atoms with van der Waals surface area (Å²) in [5, 5.41) is 32.5. The van der Waals surface area contributed by atoms with Crippen LogP contribution in [0.15, 0.2) is 0 Å². The quantitative estimate of drug-likeness (QED) is 0.142. The lowest BCUT2D eigenvalue weighted by Crippen LogP contribution is -2.64. The number of carbonyl (C=O) groups is 11. The number of rotatable bonds is 14. The van der Waals surface area contributed by atoms with Crippen molar-refractivity contribution >= 4 is 65.0 Å². The lowest BCUT2D eigenvalue weighted by Gasteiger charge is -2.42. The lowest BCUT2D eigenvalue weighted by atomic mass is 9.89. The molecule has 1 aliphatic heterocycles. The third-order valence-electron chi connectivity index (χ3n) is 16.0. The minimum atomic E-state index is -1.75. The van der Waals surface area contributed by atoms with E-state index in [2.05, 4.69) is 21.3 Å². The summed E-state index contributed by atoms with van der Waals surface area (Å²) in [4.78, 5) is 168. The van der Waals surface area contributed by atoms with Crippen LogP contribution in [0, 0.1) is 52.8 Å². The van der Waals surface area contributed by atoms with Crippen molar-refractivity contribution in [2.24, 2.45) is 47.2 Å². The molecule has 1 saturated heterocycles. The van der Waals surface area contributed by atoms with Gasteiger partial charge in [0.05, 0.1) is 24.8 Å². The molecule has 0 saturated carbocycles. The van der Waals surface area contributed by atoms with Gasteiger partial charge >= 0.3 is 0 Å². The van der Waals surface area contributed by atoms with Gasteiger partial charge in [-0.2, -0.15) is 5.26 Å². The molecule has 1 rings (SSSR count). The van der Waals surface area contributed by atoms with Crippen LogP contribution in [-0.4, -0.2) is 233 Å². The zero-order valence-corrected chi connectivity index (χ0v) is 55.3. The van der Waals surface area contributed by atoms with Crippen LogP contribution in [0.5, 0.6) is 0 Å². The molecule has 25 nitrogen and oxygen atoms in total. The summed E-state index contributed by atoms with van der Waals surface area (Å²) in [6, 6.07) is -12.0. The number of aliphatic hydroxyl groups is 1. The van der Waals surface area contributed by atoms with E-state index in [0.29, 0.717) is 0 Å². The molecule has 1 heterocycles. The molecule has 0 spiro atoms. The fourth-order valence-electron chi connectivity index (χ4n) is 10.8. The molecule has 0 aromatic carbocycles. The van der Waals surface area contributed by atoms with E-state index in [1.807, 2.05) is 47.6 Å². The van der Waals surface area contributed by atoms with E-state index in [9.17, 15) is 53.5 Å². The number of nitrogens with two attached hydrogens (primary N) is 1. The predicted molar refractivity (Wildman–Crippen MR) is 323 cm³/mol. The number of carbonyl (C=O) groups excluding carboxylic acids is 11. The van der Waals surface area contributed by atoms with E-state index in [4.69, 9.17) is 5.73 Å². The monoisotopic (exact) mass is 1200 g/mol. The molecule has 0 radical (unpaired) electrons. The predicted octanol–water partition coefficient (Wildman–Crippen LogP) is 1.15. The molecule has 0 aromatic rings. The minimum absolute atomic E-state index is 0.0323. The molecule has 0 aromatic heterocycles. The summed E-state index contributed by atoms with van der Waals surface area (Å²) in [6.45, 7) is 26.7. The van der Waals surface area contributed by atoms with E-state index < -0.39 is 168 Å². The average Bonchev–Trinajstić information content (AvgIpc) is 2.71. The average molecular weight is 1200 g/mol. The molecule has 25 heteroatoms. The van der Waals surface area contributed by atoms with Crippen molar-refractivity contribution in [3.05, 3.63) is 0 Å². The number of nitriles is 1. The summed E-state index contributed by atoms with van der Waals surface area (Å²) in [6.07, 6.45) is -1.45. The van der Waals surface area contributed by atoms with Crippen molar-refractivity contribution in [3.8, 4) is 6.07 Å². The maximum Gasteiger partial charge on any atom is 0.246 e. The number of hydrogen-bond donors (Lipinski definition) is 6. The Hall–Kier alpha value is -6.42. The van der Waals surface area contributed by atoms with Crippen molar-refractivity contribution in [1.29, 1.82) is 5.26 Å². The van der Waals surface area contributed by atoms with Gasteiger partial charge in [0.25, 0.3) is 0 Å². The van der Waals surface area contributed by atoms with Gasteiger partial charge in [-0.05, 0) is 87.4 Å². The van der Waals surface area contributed by atoms with Crippen LogP contribution in [0.25, 0.3) is 0 Å². The summed E-state index contributed by atoms with van der Waals surface area (Å²) in [5.41, 5.74) is 5.99. The summed E-state index contributed by atoms with van der Waals surface area (Å²) in [7, 11) is 9.64. The van der Waals surface area contributed by atoms with Crippen molar-refractivity contribution in [3.63, 3.8) is 0 Å². The fourth-order valence-corrected chi connectivity index (χ4v) is 10.8. The van der Waals surface area contributed by atoms with Gasteiger partial charge in [0.2, 0.25) is 65.0 Å². The van der Waals surface area contributed by atoms with Gasteiger partial charge in [-0.15, -0.1) is 0 Å². The summed E-state index contributed by atoms with van der Waals surface area (Å²) >= 11 is 0. The molecule has 484 valence electrons. The number of nitrogens with zero attached hydrogens (tertiary/aromatic N) is 8. The SMILES string of the molecule is CC[C@H]1NC(=O)C([C@@H](O)[C@@H](C)CC(N)C#N)N(C)C(=O)[C@@H](C(C)C)N(C)C(=O)[C@@H](CC(C)C)N(C)C(=O)C(C(C)C)N(C)C(=O)[C@@H](C)NC(=O)[C@@H](C)NC(=O)[C@@H](CC(C)C)N(C)C(=O)[C@@H](C(C)C)NC(=O)[C@@H](CC(C)C)N(C)C(=O)CN(C)C1=O. The summed E-state index contributed by atoms with van der Waals surface area (Å²) in [5.74, 6) is -11.0. The number of likely N-dealkylation sites (N-methyl/N-ethyl adjacent to an activating group) is 7. The Bertz CT molecular complexity index is 2380. The van der Waals surface area contributed by atoms with E-state index >= 15 is 9.59 Å². The van der Waals surface area contributed by atoms with Gasteiger partial charge in [-0.25, -0.2) is 0 Å². The van der Waals surface area contributed by atoms with Crippen molar-refractivity contribution in [2.75, 3.05) is 55.9 Å². The van der Waals surface area contributed by atoms with Gasteiger partial charge in [-0.1, -0.05) is 96.9 Å². The van der Waals surface area contributed by atoms with Crippen LogP contribution >= 0.6 is 0 Å². The lowest BCUT2D eigenvalue weighted by molar-refractivity contribution is -0.158. The standard InChI is InChI=1S/C60H107N13O12/c1-24-41-56(81)67(17)30-45(74)68(18)42(25-31(2)3)53(78)66-46(34(8)9)58(83)69(19)43(26-32(4)5)52(77)63-38(15)51(76)64-39(16)55(80)71(21)47(35(10)11)59(84)70(20)44(27-33(6)7)57(82)72(22)48(36(12)13)60(85)73(23)49(54(79)65-41)50(75)37(14)28-40(62)29-61/h31-44,46-50,75H,24-28,30,62H2,1-23H3,(H,63,77)(H,64,76)(H,65,79)(H,66,78)/t37-,38+,39+,40?,41+,42+,43+,44+,46+,47?,48+,49?,50-/m0/s1. The van der Waals surface area contributed by atoms with E-state index in [1.165, 1.54) is 94.6 Å². The third-order valence-corrected chi connectivity index (χ3v) is 16.0. The Morgan fingerprint density at radius 1 is 0.494 bits per heavy atom. The second kappa shape index (κ2) is 34.1. The molecule has 1 fully saturated rings. The first-order chi connectivity index (χ1) is 39.1. The van der Waals surface area contributed by atoms with Gasteiger partial charge < -0.3 is 66.4 Å². The second-order valence-electron chi connectivity index (χ2n) is 25.8. The minimum Gasteiger partial charge on any atom is -0.390 e.